The summed E-state index contributed by atoms with van der Waals surface area (Å²) in [5.74, 6) is 0. The standard InChI is InChI=1S/C16H29N2OP/c1-7-17(8-2)20(19,18(9-3)10-4)16-12-14(5)11-15(6)13-16/h11-13H,7-10H2,1-6H3. The molecule has 0 atom stereocenters. The third-order valence-electron chi connectivity index (χ3n) is 3.77. The minimum absolute atomic E-state index is 0.803. The molecule has 0 aromatic heterocycles. The molecule has 0 aliphatic carbocycles. The molecule has 4 heteroatoms. The molecule has 0 radical (unpaired) electrons. The second-order valence-electron chi connectivity index (χ2n) is 5.17. The third-order valence-corrected chi connectivity index (χ3v) is 7.37. The highest BCUT2D eigenvalue weighted by molar-refractivity contribution is 7.67. The molecule has 1 rings (SSSR count). The van der Waals surface area contributed by atoms with E-state index in [2.05, 4.69) is 69.1 Å². The van der Waals surface area contributed by atoms with Gasteiger partial charge in [0.1, 0.15) is 0 Å². The lowest BCUT2D eigenvalue weighted by molar-refractivity contribution is 0.369. The first-order valence-electron chi connectivity index (χ1n) is 7.63. The van der Waals surface area contributed by atoms with Crippen LogP contribution in [0.1, 0.15) is 38.8 Å². The first-order valence-corrected chi connectivity index (χ1v) is 9.24. The molecule has 0 saturated heterocycles. The van der Waals surface area contributed by atoms with Crippen LogP contribution >= 0.6 is 7.44 Å². The minimum Gasteiger partial charge on any atom is -0.284 e. The lowest BCUT2D eigenvalue weighted by Crippen LogP contribution is -2.37. The van der Waals surface area contributed by atoms with Gasteiger partial charge in [-0.05, 0) is 26.0 Å². The summed E-state index contributed by atoms with van der Waals surface area (Å²) in [6, 6.07) is 6.31. The topological polar surface area (TPSA) is 23.6 Å². The summed E-state index contributed by atoms with van der Waals surface area (Å²) < 4.78 is 18.1. The van der Waals surface area contributed by atoms with Gasteiger partial charge in [-0.3, -0.25) is 4.57 Å². The van der Waals surface area contributed by atoms with Crippen LogP contribution in [0, 0.1) is 13.8 Å². The maximum absolute atomic E-state index is 13.9. The molecule has 1 aromatic carbocycles. The summed E-state index contributed by atoms with van der Waals surface area (Å²) in [6.45, 7) is 15.7. The van der Waals surface area contributed by atoms with Crippen LogP contribution in [-0.2, 0) is 4.57 Å². The van der Waals surface area contributed by atoms with E-state index in [9.17, 15) is 4.57 Å². The smallest absolute Gasteiger partial charge is 0.245 e. The summed E-state index contributed by atoms with van der Waals surface area (Å²) in [6.07, 6.45) is 0. The van der Waals surface area contributed by atoms with Crippen molar-refractivity contribution < 1.29 is 4.57 Å². The number of nitrogens with zero attached hydrogens (tertiary/aromatic N) is 2. The van der Waals surface area contributed by atoms with Gasteiger partial charge in [0.25, 0.3) is 0 Å². The van der Waals surface area contributed by atoms with Gasteiger partial charge in [0, 0.05) is 31.5 Å². The van der Waals surface area contributed by atoms with E-state index in [4.69, 9.17) is 0 Å². The highest BCUT2D eigenvalue weighted by Crippen LogP contribution is 2.51. The molecular formula is C16H29N2OP. The Balaban J connectivity index is 3.47. The van der Waals surface area contributed by atoms with E-state index in [0.717, 1.165) is 31.5 Å². The summed E-state index contributed by atoms with van der Waals surface area (Å²) in [5.41, 5.74) is 2.36. The molecule has 0 amide bonds. The molecule has 0 fully saturated rings. The molecular weight excluding hydrogens is 267 g/mol. The van der Waals surface area contributed by atoms with E-state index in [1.165, 1.54) is 11.1 Å². The molecule has 0 spiro atoms. The van der Waals surface area contributed by atoms with E-state index in [1.54, 1.807) is 0 Å². The van der Waals surface area contributed by atoms with Crippen LogP contribution in [0.25, 0.3) is 0 Å². The van der Waals surface area contributed by atoms with E-state index < -0.39 is 7.44 Å². The fraction of sp³-hybridized carbons (Fsp3) is 0.625. The van der Waals surface area contributed by atoms with Crippen molar-refractivity contribution in [3.63, 3.8) is 0 Å². The lowest BCUT2D eigenvalue weighted by Gasteiger charge is -2.38. The van der Waals surface area contributed by atoms with Crippen molar-refractivity contribution in [3.05, 3.63) is 29.3 Å². The molecule has 0 heterocycles. The van der Waals surface area contributed by atoms with Crippen molar-refractivity contribution in [1.82, 2.24) is 9.34 Å². The third kappa shape index (κ3) is 3.33. The van der Waals surface area contributed by atoms with Crippen LogP contribution in [0.15, 0.2) is 18.2 Å². The van der Waals surface area contributed by atoms with E-state index in [1.807, 2.05) is 0 Å². The maximum Gasteiger partial charge on any atom is 0.245 e. The van der Waals surface area contributed by atoms with Crippen molar-refractivity contribution in [3.8, 4) is 0 Å². The Labute approximate surface area is 124 Å². The zero-order valence-electron chi connectivity index (χ0n) is 13.8. The van der Waals surface area contributed by atoms with Crippen LogP contribution < -0.4 is 5.30 Å². The summed E-state index contributed by atoms with van der Waals surface area (Å²) in [5, 5.41) is 0.974. The predicted molar refractivity (Wildman–Crippen MR) is 89.0 cm³/mol. The van der Waals surface area contributed by atoms with Crippen LogP contribution in [0.2, 0.25) is 0 Å². The monoisotopic (exact) mass is 296 g/mol. The van der Waals surface area contributed by atoms with E-state index >= 15 is 0 Å². The largest absolute Gasteiger partial charge is 0.284 e. The number of hydrogen-bond donors (Lipinski definition) is 0. The molecule has 0 saturated carbocycles. The molecule has 0 unspecified atom stereocenters. The minimum atomic E-state index is -2.68. The van der Waals surface area contributed by atoms with Gasteiger partial charge < -0.3 is 0 Å². The Morgan fingerprint density at radius 3 is 1.45 bits per heavy atom. The van der Waals surface area contributed by atoms with E-state index in [0.29, 0.717) is 0 Å². The molecule has 0 aliphatic rings. The van der Waals surface area contributed by atoms with Crippen molar-refractivity contribution in [1.29, 1.82) is 0 Å². The quantitative estimate of drug-likeness (QED) is 0.715. The Bertz CT molecular complexity index is 443. The van der Waals surface area contributed by atoms with Crippen molar-refractivity contribution in [2.24, 2.45) is 0 Å². The predicted octanol–water partition coefficient (Wildman–Crippen LogP) is 3.81. The van der Waals surface area contributed by atoms with Gasteiger partial charge in [-0.1, -0.05) is 44.9 Å². The average Bonchev–Trinajstić information content (AvgIpc) is 2.40. The van der Waals surface area contributed by atoms with Crippen molar-refractivity contribution in [2.45, 2.75) is 41.5 Å². The second-order valence-corrected chi connectivity index (χ2v) is 7.90. The highest BCUT2D eigenvalue weighted by Gasteiger charge is 2.36. The average molecular weight is 296 g/mol. The van der Waals surface area contributed by atoms with Crippen LogP contribution in [0.4, 0.5) is 0 Å². The number of aryl methyl sites for hydroxylation is 2. The van der Waals surface area contributed by atoms with Crippen LogP contribution in [-0.4, -0.2) is 35.5 Å². The van der Waals surface area contributed by atoms with Gasteiger partial charge >= 0.3 is 0 Å². The molecule has 3 nitrogen and oxygen atoms in total. The van der Waals surface area contributed by atoms with Crippen molar-refractivity contribution >= 4 is 12.7 Å². The van der Waals surface area contributed by atoms with Crippen LogP contribution in [0.5, 0.6) is 0 Å². The molecule has 1 aromatic rings. The lowest BCUT2D eigenvalue weighted by atomic mass is 10.2. The fourth-order valence-electron chi connectivity index (χ4n) is 2.84. The molecule has 0 bridgehead atoms. The molecule has 20 heavy (non-hydrogen) atoms. The Hall–Kier alpha value is -0.630. The fourth-order valence-corrected chi connectivity index (χ4v) is 6.13. The first kappa shape index (κ1) is 17.4. The zero-order valence-corrected chi connectivity index (χ0v) is 14.7. The van der Waals surface area contributed by atoms with Gasteiger partial charge in [-0.2, -0.15) is 0 Å². The number of rotatable bonds is 7. The Morgan fingerprint density at radius 1 is 0.800 bits per heavy atom. The van der Waals surface area contributed by atoms with Gasteiger partial charge in [-0.15, -0.1) is 0 Å². The van der Waals surface area contributed by atoms with Crippen molar-refractivity contribution in [2.75, 3.05) is 26.2 Å². The maximum atomic E-state index is 13.9. The second kappa shape index (κ2) is 7.40. The summed E-state index contributed by atoms with van der Waals surface area (Å²) in [7, 11) is -2.68. The van der Waals surface area contributed by atoms with Gasteiger partial charge in [0.15, 0.2) is 0 Å². The van der Waals surface area contributed by atoms with Gasteiger partial charge in [-0.25, -0.2) is 9.34 Å². The normalized spacial score (nSPS) is 12.4. The van der Waals surface area contributed by atoms with Gasteiger partial charge in [0.05, 0.1) is 0 Å². The summed E-state index contributed by atoms with van der Waals surface area (Å²) >= 11 is 0. The zero-order chi connectivity index (χ0) is 15.3. The van der Waals surface area contributed by atoms with E-state index in [-0.39, 0.29) is 0 Å². The van der Waals surface area contributed by atoms with Crippen LogP contribution in [0.3, 0.4) is 0 Å². The summed E-state index contributed by atoms with van der Waals surface area (Å²) in [4.78, 5) is 0. The Kier molecular flexibility index (Phi) is 6.44. The molecule has 0 aliphatic heterocycles. The number of hydrogen-bond acceptors (Lipinski definition) is 1. The number of benzene rings is 1. The Morgan fingerprint density at radius 2 is 1.15 bits per heavy atom. The SMILES string of the molecule is CCN(CC)P(=O)(c1cc(C)cc(C)c1)N(CC)CC. The molecule has 0 N–H and O–H groups in total. The highest BCUT2D eigenvalue weighted by atomic mass is 31.2. The first-order chi connectivity index (χ1) is 9.43. The molecule has 114 valence electrons. The van der Waals surface area contributed by atoms with Gasteiger partial charge in [0.2, 0.25) is 7.44 Å².